The summed E-state index contributed by atoms with van der Waals surface area (Å²) in [7, 11) is 0. The SMILES string of the molecule is O=C(/C=C/c1ccc(F)cc1)NC1(C(=O)N(c2cc(C(F)(F)F)cc(C(F)(F)F)c2)C2CCOCC2)CCNCC1. The van der Waals surface area contributed by atoms with E-state index in [1.165, 1.54) is 30.3 Å². The van der Waals surface area contributed by atoms with Gasteiger partial charge in [-0.2, -0.15) is 26.3 Å². The van der Waals surface area contributed by atoms with Crippen molar-refractivity contribution < 1.29 is 45.1 Å². The number of alkyl halides is 6. The summed E-state index contributed by atoms with van der Waals surface area (Å²) < 4.78 is 101. The van der Waals surface area contributed by atoms with E-state index in [1.807, 2.05) is 0 Å². The average Bonchev–Trinajstić information content (AvgIpc) is 2.93. The fourth-order valence-corrected chi connectivity index (χ4v) is 5.01. The van der Waals surface area contributed by atoms with Gasteiger partial charge in [-0.15, -0.1) is 0 Å². The summed E-state index contributed by atoms with van der Waals surface area (Å²) >= 11 is 0. The first kappa shape index (κ1) is 30.5. The molecule has 0 unspecified atom stereocenters. The summed E-state index contributed by atoms with van der Waals surface area (Å²) in [5.74, 6) is -1.97. The number of halogens is 7. The molecule has 2 aliphatic heterocycles. The third kappa shape index (κ3) is 7.45. The Morgan fingerprint density at radius 3 is 2.02 bits per heavy atom. The lowest BCUT2D eigenvalue weighted by atomic mass is 9.85. The standard InChI is InChI=1S/C28H28F7N3O3/c29-21-4-1-18(2-5-21)3-6-24(39)37-26(9-11-36-12-10-26)25(40)38(22-7-13-41-14-8-22)23-16-19(27(30,31)32)15-20(17-23)28(33,34)35/h1-6,15-17,22,36H,7-14H2,(H,37,39)/b6-3+. The summed E-state index contributed by atoms with van der Waals surface area (Å²) in [4.78, 5) is 28.3. The van der Waals surface area contributed by atoms with Crippen molar-refractivity contribution in [3.8, 4) is 0 Å². The van der Waals surface area contributed by atoms with Gasteiger partial charge in [-0.1, -0.05) is 12.1 Å². The van der Waals surface area contributed by atoms with Crippen LogP contribution in [0, 0.1) is 5.82 Å². The van der Waals surface area contributed by atoms with Gasteiger partial charge in [-0.25, -0.2) is 4.39 Å². The molecule has 2 aromatic rings. The van der Waals surface area contributed by atoms with Crippen molar-refractivity contribution >= 4 is 23.6 Å². The minimum Gasteiger partial charge on any atom is -0.381 e. The van der Waals surface area contributed by atoms with Crippen molar-refractivity contribution in [2.24, 2.45) is 0 Å². The van der Waals surface area contributed by atoms with Crippen LogP contribution >= 0.6 is 0 Å². The maximum atomic E-state index is 14.3. The molecule has 0 radical (unpaired) electrons. The predicted molar refractivity (Wildman–Crippen MR) is 136 cm³/mol. The number of amides is 2. The molecule has 2 heterocycles. The maximum absolute atomic E-state index is 14.3. The van der Waals surface area contributed by atoms with E-state index in [4.69, 9.17) is 4.74 Å². The number of carbonyl (C=O) groups is 2. The van der Waals surface area contributed by atoms with Crippen LogP contribution in [0.1, 0.15) is 42.4 Å². The molecule has 2 amide bonds. The lowest BCUT2D eigenvalue weighted by Gasteiger charge is -2.44. The minimum absolute atomic E-state index is 0.0124. The maximum Gasteiger partial charge on any atom is 0.416 e. The number of rotatable bonds is 6. The molecule has 0 aromatic heterocycles. The third-order valence-electron chi connectivity index (χ3n) is 7.15. The Hall–Kier alpha value is -3.45. The highest BCUT2D eigenvalue weighted by molar-refractivity contribution is 6.05. The van der Waals surface area contributed by atoms with Gasteiger partial charge in [0, 0.05) is 31.0 Å². The van der Waals surface area contributed by atoms with E-state index >= 15 is 0 Å². The highest BCUT2D eigenvalue weighted by Gasteiger charge is 2.46. The van der Waals surface area contributed by atoms with Crippen LogP contribution in [-0.2, 0) is 26.7 Å². The van der Waals surface area contributed by atoms with E-state index in [-0.39, 0.29) is 58.1 Å². The average molecular weight is 588 g/mol. The van der Waals surface area contributed by atoms with Gasteiger partial charge in [-0.05, 0) is 80.7 Å². The lowest BCUT2D eigenvalue weighted by Crippen LogP contribution is -2.65. The smallest absolute Gasteiger partial charge is 0.381 e. The van der Waals surface area contributed by atoms with Gasteiger partial charge in [-0.3, -0.25) is 9.59 Å². The van der Waals surface area contributed by atoms with Crippen LogP contribution < -0.4 is 15.5 Å². The molecule has 0 saturated carbocycles. The van der Waals surface area contributed by atoms with Crippen LogP contribution in [0.4, 0.5) is 36.4 Å². The number of carbonyl (C=O) groups excluding carboxylic acids is 2. The largest absolute Gasteiger partial charge is 0.416 e. The summed E-state index contributed by atoms with van der Waals surface area (Å²) in [6, 6.07) is 5.59. The Bertz CT molecular complexity index is 1230. The van der Waals surface area contributed by atoms with Crippen LogP contribution in [0.5, 0.6) is 0 Å². The molecule has 222 valence electrons. The van der Waals surface area contributed by atoms with E-state index in [9.17, 15) is 40.3 Å². The van der Waals surface area contributed by atoms with E-state index in [1.54, 1.807) is 0 Å². The van der Waals surface area contributed by atoms with Crippen molar-refractivity contribution in [1.82, 2.24) is 10.6 Å². The molecular formula is C28H28F7N3O3. The minimum atomic E-state index is -5.10. The monoisotopic (exact) mass is 587 g/mol. The Morgan fingerprint density at radius 1 is 0.927 bits per heavy atom. The fraction of sp³-hybridized carbons (Fsp3) is 0.429. The Labute approximate surface area is 231 Å². The van der Waals surface area contributed by atoms with E-state index < -0.39 is 58.4 Å². The van der Waals surface area contributed by atoms with Gasteiger partial charge in [0.15, 0.2) is 0 Å². The Morgan fingerprint density at radius 2 is 1.49 bits per heavy atom. The Kier molecular flexibility index (Phi) is 9.07. The Balaban J connectivity index is 1.75. The fourth-order valence-electron chi connectivity index (χ4n) is 5.01. The lowest BCUT2D eigenvalue weighted by molar-refractivity contribution is -0.143. The summed E-state index contributed by atoms with van der Waals surface area (Å²) in [6.07, 6.45) is -7.23. The molecule has 0 atom stereocenters. The zero-order valence-electron chi connectivity index (χ0n) is 21.7. The second-order valence-electron chi connectivity index (χ2n) is 9.99. The number of hydrogen-bond donors (Lipinski definition) is 2. The van der Waals surface area contributed by atoms with Crippen molar-refractivity contribution in [3.63, 3.8) is 0 Å². The van der Waals surface area contributed by atoms with Gasteiger partial charge in [0.05, 0.1) is 11.1 Å². The topological polar surface area (TPSA) is 70.7 Å². The van der Waals surface area contributed by atoms with Crippen LogP contribution in [0.25, 0.3) is 6.08 Å². The van der Waals surface area contributed by atoms with Crippen LogP contribution in [0.2, 0.25) is 0 Å². The molecular weight excluding hydrogens is 559 g/mol. The van der Waals surface area contributed by atoms with E-state index in [0.29, 0.717) is 17.7 Å². The first-order chi connectivity index (χ1) is 19.3. The molecule has 2 fully saturated rings. The second kappa shape index (κ2) is 12.2. The molecule has 41 heavy (non-hydrogen) atoms. The number of nitrogens with one attached hydrogen (secondary N) is 2. The van der Waals surface area contributed by atoms with Gasteiger partial charge in [0.25, 0.3) is 5.91 Å². The normalized spacial score (nSPS) is 18.3. The van der Waals surface area contributed by atoms with Crippen LogP contribution in [-0.4, -0.2) is 49.7 Å². The first-order valence-electron chi connectivity index (χ1n) is 13.0. The number of benzene rings is 2. The van der Waals surface area contributed by atoms with Crippen LogP contribution in [0.15, 0.2) is 48.5 Å². The molecule has 0 bridgehead atoms. The molecule has 2 saturated heterocycles. The predicted octanol–water partition coefficient (Wildman–Crippen LogP) is 5.33. The van der Waals surface area contributed by atoms with Crippen molar-refractivity contribution in [3.05, 3.63) is 71.0 Å². The molecule has 2 N–H and O–H groups in total. The zero-order valence-corrected chi connectivity index (χ0v) is 21.7. The number of nitrogens with zero attached hydrogens (tertiary/aromatic N) is 1. The van der Waals surface area contributed by atoms with Crippen LogP contribution in [0.3, 0.4) is 0 Å². The number of ether oxygens (including phenoxy) is 1. The summed E-state index contributed by atoms with van der Waals surface area (Å²) in [5.41, 5.74) is -4.76. The van der Waals surface area contributed by atoms with E-state index in [0.717, 1.165) is 11.0 Å². The zero-order chi connectivity index (χ0) is 29.8. The summed E-state index contributed by atoms with van der Waals surface area (Å²) in [5, 5.41) is 5.74. The highest BCUT2D eigenvalue weighted by atomic mass is 19.4. The van der Waals surface area contributed by atoms with Crippen molar-refractivity contribution in [2.75, 3.05) is 31.2 Å². The molecule has 0 spiro atoms. The van der Waals surface area contributed by atoms with Gasteiger partial charge >= 0.3 is 12.4 Å². The molecule has 2 aromatic carbocycles. The molecule has 4 rings (SSSR count). The van der Waals surface area contributed by atoms with Gasteiger partial charge in [0.1, 0.15) is 11.4 Å². The highest BCUT2D eigenvalue weighted by Crippen LogP contribution is 2.40. The summed E-state index contributed by atoms with van der Waals surface area (Å²) in [6.45, 7) is 0.846. The number of anilines is 1. The quantitative estimate of drug-likeness (QED) is 0.355. The van der Waals surface area contributed by atoms with Gasteiger partial charge < -0.3 is 20.3 Å². The van der Waals surface area contributed by atoms with Gasteiger partial charge in [0.2, 0.25) is 5.91 Å². The third-order valence-corrected chi connectivity index (χ3v) is 7.15. The first-order valence-corrected chi connectivity index (χ1v) is 13.0. The molecule has 13 heteroatoms. The van der Waals surface area contributed by atoms with E-state index in [2.05, 4.69) is 10.6 Å². The molecule has 2 aliphatic rings. The number of hydrogen-bond acceptors (Lipinski definition) is 4. The molecule has 0 aliphatic carbocycles. The van der Waals surface area contributed by atoms with Crippen molar-refractivity contribution in [1.29, 1.82) is 0 Å². The van der Waals surface area contributed by atoms with Crippen molar-refractivity contribution in [2.45, 2.75) is 49.6 Å². The number of piperidine rings is 1. The second-order valence-corrected chi connectivity index (χ2v) is 9.99. The molecule has 6 nitrogen and oxygen atoms in total.